The highest BCUT2D eigenvalue weighted by Crippen LogP contribution is 2.36. The fourth-order valence-corrected chi connectivity index (χ4v) is 4.84. The Kier molecular flexibility index (Phi) is 9.25. The number of hydrogen-bond donors (Lipinski definition) is 3. The molecule has 0 spiro atoms. The van der Waals surface area contributed by atoms with Gasteiger partial charge >= 0.3 is 0 Å². The largest absolute Gasteiger partial charge is 0.496 e. The van der Waals surface area contributed by atoms with Crippen LogP contribution in [-0.4, -0.2) is 44.5 Å². The Labute approximate surface area is 259 Å². The molecule has 220 valence electrons. The molecule has 5 rings (SSSR count). The minimum atomic E-state index is -0.619. The highest BCUT2D eigenvalue weighted by Gasteiger charge is 2.24. The van der Waals surface area contributed by atoms with Crippen LogP contribution in [0.15, 0.2) is 70.4 Å². The SMILES string of the molecule is COc1ccc(/C=N\NC(=O)c2nnn(-c3nonc3N)c2CNc2ccccc2)cc1COc1c(Cl)cc(Cl)cc1Cl. The van der Waals surface area contributed by atoms with Gasteiger partial charge in [0.05, 0.1) is 35.6 Å². The van der Waals surface area contributed by atoms with Crippen molar-refractivity contribution in [2.45, 2.75) is 13.2 Å². The molecule has 0 aliphatic rings. The van der Waals surface area contributed by atoms with Gasteiger partial charge in [-0.15, -0.1) is 5.10 Å². The van der Waals surface area contributed by atoms with E-state index in [-0.39, 0.29) is 46.3 Å². The van der Waals surface area contributed by atoms with Crippen molar-refractivity contribution in [1.82, 2.24) is 30.7 Å². The van der Waals surface area contributed by atoms with Crippen LogP contribution < -0.4 is 25.9 Å². The molecule has 0 radical (unpaired) electrons. The second-order valence-corrected chi connectivity index (χ2v) is 10.00. The molecule has 0 unspecified atom stereocenters. The molecule has 3 aromatic carbocycles. The molecule has 5 aromatic rings. The third kappa shape index (κ3) is 6.97. The average molecular weight is 643 g/mol. The van der Waals surface area contributed by atoms with Gasteiger partial charge in [0.15, 0.2) is 11.4 Å². The lowest BCUT2D eigenvalue weighted by molar-refractivity contribution is 0.0949. The number of para-hydroxylation sites is 1. The molecule has 0 atom stereocenters. The summed E-state index contributed by atoms with van der Waals surface area (Å²) < 4.78 is 17.3. The van der Waals surface area contributed by atoms with E-state index in [2.05, 4.69) is 36.5 Å². The Balaban J connectivity index is 1.32. The summed E-state index contributed by atoms with van der Waals surface area (Å²) in [5.74, 6) is 0.308. The van der Waals surface area contributed by atoms with Crippen LogP contribution in [0.4, 0.5) is 11.5 Å². The highest BCUT2D eigenvalue weighted by molar-refractivity contribution is 6.40. The zero-order chi connectivity index (χ0) is 30.3. The molecule has 1 amide bonds. The maximum atomic E-state index is 13.1. The molecular formula is C27H22Cl3N9O4. The van der Waals surface area contributed by atoms with Crippen molar-refractivity contribution < 1.29 is 18.9 Å². The number of nitrogen functional groups attached to an aromatic ring is 1. The molecule has 2 aromatic heterocycles. The Morgan fingerprint density at radius 1 is 1.09 bits per heavy atom. The summed E-state index contributed by atoms with van der Waals surface area (Å²) in [4.78, 5) is 13.1. The Bertz CT molecular complexity index is 1750. The van der Waals surface area contributed by atoms with Gasteiger partial charge in [-0.1, -0.05) is 58.2 Å². The van der Waals surface area contributed by atoms with Crippen molar-refractivity contribution in [3.63, 3.8) is 0 Å². The number of carbonyl (C=O) groups is 1. The first-order chi connectivity index (χ1) is 20.8. The zero-order valence-electron chi connectivity index (χ0n) is 22.3. The smallest absolute Gasteiger partial charge is 0.293 e. The second kappa shape index (κ2) is 13.4. The minimum Gasteiger partial charge on any atom is -0.496 e. The molecular weight excluding hydrogens is 621 g/mol. The maximum Gasteiger partial charge on any atom is 0.293 e. The number of halogens is 3. The number of aromatic nitrogens is 5. The molecule has 16 heteroatoms. The van der Waals surface area contributed by atoms with Gasteiger partial charge in [0.2, 0.25) is 11.6 Å². The number of hydrazone groups is 1. The minimum absolute atomic E-state index is 0.0106. The first-order valence-corrected chi connectivity index (χ1v) is 13.6. The van der Waals surface area contributed by atoms with Gasteiger partial charge < -0.3 is 20.5 Å². The van der Waals surface area contributed by atoms with E-state index in [9.17, 15) is 4.79 Å². The van der Waals surface area contributed by atoms with E-state index < -0.39 is 5.91 Å². The Hall–Kier alpha value is -4.85. The predicted octanol–water partition coefficient (Wildman–Crippen LogP) is 5.16. The van der Waals surface area contributed by atoms with Gasteiger partial charge in [0.25, 0.3) is 5.91 Å². The maximum absolute atomic E-state index is 13.1. The number of methoxy groups -OCH3 is 1. The summed E-state index contributed by atoms with van der Waals surface area (Å²) in [6.45, 7) is 0.235. The van der Waals surface area contributed by atoms with Crippen LogP contribution in [0, 0.1) is 0 Å². The lowest BCUT2D eigenvalue weighted by Gasteiger charge is -2.13. The van der Waals surface area contributed by atoms with Crippen LogP contribution in [0.25, 0.3) is 5.82 Å². The van der Waals surface area contributed by atoms with Crippen LogP contribution in [0.2, 0.25) is 15.1 Å². The lowest BCUT2D eigenvalue weighted by Crippen LogP contribution is -2.21. The van der Waals surface area contributed by atoms with Crippen LogP contribution in [0.3, 0.4) is 0 Å². The number of amides is 1. The normalized spacial score (nSPS) is 11.1. The van der Waals surface area contributed by atoms with E-state index in [0.717, 1.165) is 5.69 Å². The summed E-state index contributed by atoms with van der Waals surface area (Å²) in [6.07, 6.45) is 1.45. The van der Waals surface area contributed by atoms with Crippen LogP contribution in [-0.2, 0) is 13.2 Å². The number of hydrogen-bond acceptors (Lipinski definition) is 11. The number of nitrogens with two attached hydrogens (primary N) is 1. The quantitative estimate of drug-likeness (QED) is 0.129. The number of benzene rings is 3. The van der Waals surface area contributed by atoms with Gasteiger partial charge in [-0.3, -0.25) is 4.79 Å². The predicted molar refractivity (Wildman–Crippen MR) is 161 cm³/mol. The first kappa shape index (κ1) is 29.6. The van der Waals surface area contributed by atoms with Crippen LogP contribution in [0.5, 0.6) is 11.5 Å². The van der Waals surface area contributed by atoms with Gasteiger partial charge in [0.1, 0.15) is 12.4 Å². The molecule has 0 aliphatic carbocycles. The van der Waals surface area contributed by atoms with Crippen LogP contribution in [0.1, 0.15) is 27.3 Å². The van der Waals surface area contributed by atoms with Crippen molar-refractivity contribution in [3.8, 4) is 17.3 Å². The van der Waals surface area contributed by atoms with Crippen molar-refractivity contribution in [1.29, 1.82) is 0 Å². The number of anilines is 2. The van der Waals surface area contributed by atoms with Gasteiger partial charge in [-0.2, -0.15) is 9.78 Å². The van der Waals surface area contributed by atoms with Crippen molar-refractivity contribution in [3.05, 3.63) is 98.2 Å². The van der Waals surface area contributed by atoms with E-state index in [1.54, 1.807) is 18.2 Å². The third-order valence-corrected chi connectivity index (χ3v) is 6.71. The molecule has 2 heterocycles. The van der Waals surface area contributed by atoms with E-state index in [0.29, 0.717) is 27.6 Å². The van der Waals surface area contributed by atoms with E-state index in [1.165, 1.54) is 30.1 Å². The number of ether oxygens (including phenoxy) is 2. The van der Waals surface area contributed by atoms with Gasteiger partial charge in [0, 0.05) is 16.3 Å². The zero-order valence-corrected chi connectivity index (χ0v) is 24.6. The molecule has 0 saturated carbocycles. The van der Waals surface area contributed by atoms with Crippen molar-refractivity contribution in [2.24, 2.45) is 5.10 Å². The summed E-state index contributed by atoms with van der Waals surface area (Å²) in [5, 5.41) is 23.6. The lowest BCUT2D eigenvalue weighted by atomic mass is 10.1. The summed E-state index contributed by atoms with van der Waals surface area (Å²) in [6, 6.07) is 17.7. The fraction of sp³-hybridized carbons (Fsp3) is 0.111. The van der Waals surface area contributed by atoms with E-state index in [4.69, 9.17) is 54.6 Å². The molecule has 43 heavy (non-hydrogen) atoms. The molecule has 0 bridgehead atoms. The third-order valence-electron chi connectivity index (χ3n) is 5.93. The topological polar surface area (TPSA) is 168 Å². The fourth-order valence-electron chi connectivity index (χ4n) is 3.91. The Morgan fingerprint density at radius 2 is 1.86 bits per heavy atom. The standard InChI is InChI=1S/C27H22Cl3N9O4/c1-41-22-8-7-15(9-16(22)14-42-24-19(29)10-17(28)11-20(24)30)12-33-35-27(40)23-21(13-32-18-5-3-2-4-6-18)39(38-34-23)26-25(31)36-43-37-26/h2-12,32H,13-14H2,1H3,(H2,31,36)(H,35,40)/b33-12-. The summed E-state index contributed by atoms with van der Waals surface area (Å²) >= 11 is 18.5. The number of carbonyl (C=O) groups excluding carboxylic acids is 1. The number of rotatable bonds is 11. The summed E-state index contributed by atoms with van der Waals surface area (Å²) in [7, 11) is 1.54. The number of nitrogens with zero attached hydrogens (tertiary/aromatic N) is 6. The Morgan fingerprint density at radius 3 is 2.56 bits per heavy atom. The first-order valence-electron chi connectivity index (χ1n) is 12.4. The number of nitrogens with one attached hydrogen (secondary N) is 2. The molecule has 0 fully saturated rings. The van der Waals surface area contributed by atoms with Crippen LogP contribution >= 0.6 is 34.8 Å². The van der Waals surface area contributed by atoms with E-state index in [1.807, 2.05) is 30.3 Å². The summed E-state index contributed by atoms with van der Waals surface area (Å²) in [5.41, 5.74) is 10.8. The van der Waals surface area contributed by atoms with Crippen molar-refractivity contribution in [2.75, 3.05) is 18.2 Å². The molecule has 4 N–H and O–H groups in total. The van der Waals surface area contributed by atoms with Gasteiger partial charge in [-0.05, 0) is 58.3 Å². The average Bonchev–Trinajstić information content (AvgIpc) is 3.61. The molecule has 0 saturated heterocycles. The van der Waals surface area contributed by atoms with Gasteiger partial charge in [-0.25, -0.2) is 10.1 Å². The highest BCUT2D eigenvalue weighted by atomic mass is 35.5. The second-order valence-electron chi connectivity index (χ2n) is 8.75. The van der Waals surface area contributed by atoms with Crippen molar-refractivity contribution >= 4 is 58.4 Å². The molecule has 0 aliphatic heterocycles. The monoisotopic (exact) mass is 641 g/mol. The molecule has 13 nitrogen and oxygen atoms in total. The van der Waals surface area contributed by atoms with E-state index >= 15 is 0 Å².